The van der Waals surface area contributed by atoms with Gasteiger partial charge in [0.05, 0.1) is 12.2 Å². The Morgan fingerprint density at radius 1 is 1.19 bits per heavy atom. The number of amides is 1. The Morgan fingerprint density at radius 2 is 2.00 bits per heavy atom. The summed E-state index contributed by atoms with van der Waals surface area (Å²) in [5.74, 6) is -0.0374. The van der Waals surface area contributed by atoms with Gasteiger partial charge >= 0.3 is 0 Å². The van der Waals surface area contributed by atoms with Crippen molar-refractivity contribution < 1.29 is 4.79 Å². The molecular weight excluding hydrogens is 324 g/mol. The standard InChI is InChI=1S/C21H24N4O/c1-2-25-13-10-19(23-25)15-22-21(26)18-7-6-16-8-11-24(20-4-3-5-20)12-9-17(16)14-18/h3-7,10,13-14H,2,8-9,11-12,15H2,1H3,(H,22,26). The van der Waals surface area contributed by atoms with Crippen LogP contribution in [-0.4, -0.2) is 33.7 Å². The number of carbonyl (C=O) groups is 1. The number of nitrogens with one attached hydrogen (secondary N) is 1. The molecule has 2 aromatic rings. The molecule has 5 nitrogen and oxygen atoms in total. The van der Waals surface area contributed by atoms with E-state index in [1.807, 2.05) is 29.9 Å². The van der Waals surface area contributed by atoms with E-state index in [-0.39, 0.29) is 5.91 Å². The molecule has 1 aromatic heterocycles. The Labute approximate surface area is 154 Å². The summed E-state index contributed by atoms with van der Waals surface area (Å²) in [5.41, 5.74) is 5.58. The summed E-state index contributed by atoms with van der Waals surface area (Å²) >= 11 is 0. The molecule has 0 unspecified atom stereocenters. The van der Waals surface area contributed by atoms with Gasteiger partial charge in [0, 0.05) is 37.1 Å². The Kier molecular flexibility index (Phi) is 4.61. The molecule has 0 fully saturated rings. The highest BCUT2D eigenvalue weighted by atomic mass is 16.1. The second kappa shape index (κ2) is 7.20. The van der Waals surface area contributed by atoms with Crippen LogP contribution in [0, 0.1) is 0 Å². The largest absolute Gasteiger partial charge is 0.371 e. The Bertz CT molecular complexity index is 878. The van der Waals surface area contributed by atoms with Gasteiger partial charge in [-0.25, -0.2) is 0 Å². The van der Waals surface area contributed by atoms with Gasteiger partial charge in [-0.3, -0.25) is 9.48 Å². The van der Waals surface area contributed by atoms with Gasteiger partial charge in [-0.15, -0.1) is 0 Å². The van der Waals surface area contributed by atoms with Crippen LogP contribution < -0.4 is 5.32 Å². The molecule has 1 aliphatic carbocycles. The highest BCUT2D eigenvalue weighted by molar-refractivity contribution is 5.94. The summed E-state index contributed by atoms with van der Waals surface area (Å²) < 4.78 is 1.86. The average molecular weight is 348 g/mol. The maximum absolute atomic E-state index is 12.5. The normalized spacial score (nSPS) is 15.7. The molecule has 1 N–H and O–H groups in total. The summed E-state index contributed by atoms with van der Waals surface area (Å²) in [4.78, 5) is 14.9. The highest BCUT2D eigenvalue weighted by Crippen LogP contribution is 2.22. The SMILES string of the molecule is CCn1ccc(CNC(=O)c2ccc3c(c2)CCN(C2=CC=C2)CC3)n1. The van der Waals surface area contributed by atoms with E-state index in [2.05, 4.69) is 45.7 Å². The molecule has 1 amide bonds. The van der Waals surface area contributed by atoms with Crippen LogP contribution in [0.2, 0.25) is 0 Å². The monoisotopic (exact) mass is 348 g/mol. The van der Waals surface area contributed by atoms with Crippen LogP contribution in [0.4, 0.5) is 0 Å². The van der Waals surface area contributed by atoms with Crippen molar-refractivity contribution >= 4 is 5.91 Å². The maximum atomic E-state index is 12.5. The van der Waals surface area contributed by atoms with Gasteiger partial charge in [0.1, 0.15) is 0 Å². The summed E-state index contributed by atoms with van der Waals surface area (Å²) in [6, 6.07) is 8.06. The van der Waals surface area contributed by atoms with Crippen LogP contribution in [0.1, 0.15) is 34.1 Å². The lowest BCUT2D eigenvalue weighted by atomic mass is 10.00. The zero-order valence-electron chi connectivity index (χ0n) is 15.1. The molecule has 0 saturated heterocycles. The van der Waals surface area contributed by atoms with E-state index >= 15 is 0 Å². The van der Waals surface area contributed by atoms with Gasteiger partial charge in [0.25, 0.3) is 5.91 Å². The third-order valence-corrected chi connectivity index (χ3v) is 5.12. The average Bonchev–Trinajstić information content (AvgIpc) is 2.99. The first-order valence-corrected chi connectivity index (χ1v) is 9.28. The molecule has 0 radical (unpaired) electrons. The molecule has 26 heavy (non-hydrogen) atoms. The Morgan fingerprint density at radius 3 is 2.69 bits per heavy atom. The number of carbonyl (C=O) groups excluding carboxylic acids is 1. The molecule has 0 saturated carbocycles. The number of rotatable bonds is 5. The van der Waals surface area contributed by atoms with Gasteiger partial charge in [0.15, 0.2) is 0 Å². The molecule has 5 heteroatoms. The summed E-state index contributed by atoms with van der Waals surface area (Å²) in [7, 11) is 0. The molecule has 2 aliphatic rings. The fraction of sp³-hybridized carbons (Fsp3) is 0.333. The number of aromatic nitrogens is 2. The minimum absolute atomic E-state index is 0.0374. The van der Waals surface area contributed by atoms with Crippen LogP contribution >= 0.6 is 0 Å². The van der Waals surface area contributed by atoms with Crippen LogP contribution in [0.3, 0.4) is 0 Å². The topological polar surface area (TPSA) is 50.2 Å². The first kappa shape index (κ1) is 16.6. The zero-order valence-corrected chi connectivity index (χ0v) is 15.1. The predicted octanol–water partition coefficient (Wildman–Crippen LogP) is 2.69. The number of benzene rings is 1. The second-order valence-corrected chi connectivity index (χ2v) is 6.77. The number of fused-ring (bicyclic) bond motifs is 1. The number of aryl methyl sites for hydroxylation is 1. The van der Waals surface area contributed by atoms with E-state index in [0.29, 0.717) is 6.54 Å². The highest BCUT2D eigenvalue weighted by Gasteiger charge is 2.17. The lowest BCUT2D eigenvalue weighted by Gasteiger charge is -2.26. The smallest absolute Gasteiger partial charge is 0.251 e. The van der Waals surface area contributed by atoms with E-state index < -0.39 is 0 Å². The Hall–Kier alpha value is -2.82. The third kappa shape index (κ3) is 3.43. The van der Waals surface area contributed by atoms with Gasteiger partial charge in [0.2, 0.25) is 0 Å². The predicted molar refractivity (Wildman–Crippen MR) is 102 cm³/mol. The van der Waals surface area contributed by atoms with E-state index in [9.17, 15) is 4.79 Å². The molecule has 4 rings (SSSR count). The van der Waals surface area contributed by atoms with Crippen molar-refractivity contribution in [2.75, 3.05) is 13.1 Å². The van der Waals surface area contributed by atoms with Crippen molar-refractivity contribution in [2.45, 2.75) is 32.9 Å². The molecule has 134 valence electrons. The lowest BCUT2D eigenvalue weighted by Crippen LogP contribution is -2.26. The summed E-state index contributed by atoms with van der Waals surface area (Å²) in [5, 5.41) is 7.38. The van der Waals surface area contributed by atoms with Crippen LogP contribution in [0.15, 0.2) is 54.4 Å². The lowest BCUT2D eigenvalue weighted by molar-refractivity contribution is 0.0950. The molecule has 1 aliphatic heterocycles. The van der Waals surface area contributed by atoms with Crippen molar-refractivity contribution in [3.8, 4) is 0 Å². The summed E-state index contributed by atoms with van der Waals surface area (Å²) in [6.45, 7) is 5.38. The van der Waals surface area contributed by atoms with Gasteiger partial charge < -0.3 is 10.2 Å². The molecule has 0 bridgehead atoms. The van der Waals surface area contributed by atoms with Crippen LogP contribution in [0.5, 0.6) is 0 Å². The number of hydrogen-bond donors (Lipinski definition) is 1. The number of hydrogen-bond acceptors (Lipinski definition) is 3. The zero-order chi connectivity index (χ0) is 17.9. The fourth-order valence-corrected chi connectivity index (χ4v) is 3.46. The number of allylic oxidation sites excluding steroid dienone is 3. The van der Waals surface area contributed by atoms with E-state index in [4.69, 9.17) is 0 Å². The minimum Gasteiger partial charge on any atom is -0.371 e. The quantitative estimate of drug-likeness (QED) is 0.904. The molecule has 0 spiro atoms. The first-order valence-electron chi connectivity index (χ1n) is 9.28. The maximum Gasteiger partial charge on any atom is 0.251 e. The fourth-order valence-electron chi connectivity index (χ4n) is 3.46. The Balaban J connectivity index is 1.40. The van der Waals surface area contributed by atoms with E-state index in [1.165, 1.54) is 16.8 Å². The molecular formula is C21H24N4O. The van der Waals surface area contributed by atoms with E-state index in [1.54, 1.807) is 0 Å². The van der Waals surface area contributed by atoms with Crippen LogP contribution in [0.25, 0.3) is 0 Å². The first-order chi connectivity index (χ1) is 12.7. The van der Waals surface area contributed by atoms with Crippen LogP contribution in [-0.2, 0) is 25.9 Å². The minimum atomic E-state index is -0.0374. The van der Waals surface area contributed by atoms with Crippen molar-refractivity contribution in [2.24, 2.45) is 0 Å². The van der Waals surface area contributed by atoms with Crippen molar-refractivity contribution in [1.29, 1.82) is 0 Å². The van der Waals surface area contributed by atoms with E-state index in [0.717, 1.165) is 43.7 Å². The van der Waals surface area contributed by atoms with Gasteiger partial charge in [-0.1, -0.05) is 12.1 Å². The molecule has 0 atom stereocenters. The van der Waals surface area contributed by atoms with Crippen molar-refractivity contribution in [3.63, 3.8) is 0 Å². The third-order valence-electron chi connectivity index (χ3n) is 5.12. The summed E-state index contributed by atoms with van der Waals surface area (Å²) in [6.07, 6.45) is 10.3. The van der Waals surface area contributed by atoms with Gasteiger partial charge in [-0.2, -0.15) is 5.10 Å². The van der Waals surface area contributed by atoms with Crippen molar-refractivity contribution in [1.82, 2.24) is 20.0 Å². The number of nitrogens with zero attached hydrogens (tertiary/aromatic N) is 3. The van der Waals surface area contributed by atoms with Gasteiger partial charge in [-0.05, 0) is 61.2 Å². The van der Waals surface area contributed by atoms with Crippen molar-refractivity contribution in [3.05, 3.63) is 76.8 Å². The molecule has 1 aromatic carbocycles. The molecule has 2 heterocycles. The second-order valence-electron chi connectivity index (χ2n) is 6.77.